The minimum Gasteiger partial charge on any atom is -0.347 e. The van der Waals surface area contributed by atoms with Crippen molar-refractivity contribution >= 4 is 26.8 Å². The van der Waals surface area contributed by atoms with E-state index in [0.29, 0.717) is 0 Å². The molecule has 0 unspecified atom stereocenters. The maximum absolute atomic E-state index is 3.57. The highest BCUT2D eigenvalue weighted by Gasteiger charge is 2.14. The SMILES string of the molecule is Cc1c(CCN2CCNCC2)n(C)c2cc(Br)ccc12. The third kappa shape index (κ3) is 2.65. The number of piperazine rings is 1. The first-order valence-electron chi connectivity index (χ1n) is 7.33. The van der Waals surface area contributed by atoms with Crippen LogP contribution in [0.2, 0.25) is 0 Å². The molecular formula is C16H22BrN3. The molecular weight excluding hydrogens is 314 g/mol. The van der Waals surface area contributed by atoms with Crippen LogP contribution >= 0.6 is 15.9 Å². The first-order chi connectivity index (χ1) is 9.66. The van der Waals surface area contributed by atoms with Gasteiger partial charge in [0.1, 0.15) is 0 Å². The number of hydrogen-bond donors (Lipinski definition) is 1. The van der Waals surface area contributed by atoms with Crippen molar-refractivity contribution in [1.29, 1.82) is 0 Å². The van der Waals surface area contributed by atoms with Crippen LogP contribution in [0.4, 0.5) is 0 Å². The number of fused-ring (bicyclic) bond motifs is 1. The van der Waals surface area contributed by atoms with Crippen LogP contribution in [0, 0.1) is 6.92 Å². The van der Waals surface area contributed by atoms with E-state index < -0.39 is 0 Å². The third-order valence-corrected chi connectivity index (χ3v) is 4.93. The summed E-state index contributed by atoms with van der Waals surface area (Å²) in [5.74, 6) is 0. The lowest BCUT2D eigenvalue weighted by Gasteiger charge is -2.27. The first-order valence-corrected chi connectivity index (χ1v) is 8.12. The molecule has 3 rings (SSSR count). The van der Waals surface area contributed by atoms with E-state index in [-0.39, 0.29) is 0 Å². The number of rotatable bonds is 3. The third-order valence-electron chi connectivity index (χ3n) is 4.44. The molecule has 0 radical (unpaired) electrons. The van der Waals surface area contributed by atoms with Crippen molar-refractivity contribution in [2.75, 3.05) is 32.7 Å². The number of aromatic nitrogens is 1. The second-order valence-electron chi connectivity index (χ2n) is 5.63. The minimum absolute atomic E-state index is 1.13. The number of aryl methyl sites for hydroxylation is 2. The van der Waals surface area contributed by atoms with Gasteiger partial charge in [-0.25, -0.2) is 0 Å². The molecule has 2 heterocycles. The van der Waals surface area contributed by atoms with Crippen LogP contribution in [0.1, 0.15) is 11.3 Å². The number of benzene rings is 1. The lowest BCUT2D eigenvalue weighted by molar-refractivity contribution is 0.242. The van der Waals surface area contributed by atoms with Crippen LogP contribution in [-0.4, -0.2) is 42.2 Å². The normalized spacial score (nSPS) is 16.9. The molecule has 1 N–H and O–H groups in total. The molecule has 1 aliphatic rings. The lowest BCUT2D eigenvalue weighted by atomic mass is 10.1. The Balaban J connectivity index is 1.83. The van der Waals surface area contributed by atoms with E-state index in [1.165, 1.54) is 35.2 Å². The fraction of sp³-hybridized carbons (Fsp3) is 0.500. The largest absolute Gasteiger partial charge is 0.347 e. The number of nitrogens with one attached hydrogen (secondary N) is 1. The maximum Gasteiger partial charge on any atom is 0.0493 e. The second kappa shape index (κ2) is 5.88. The van der Waals surface area contributed by atoms with E-state index >= 15 is 0 Å². The summed E-state index contributed by atoms with van der Waals surface area (Å²) in [5.41, 5.74) is 4.23. The molecule has 1 aromatic heterocycles. The number of hydrogen-bond acceptors (Lipinski definition) is 2. The van der Waals surface area contributed by atoms with Crippen molar-refractivity contribution in [3.8, 4) is 0 Å². The van der Waals surface area contributed by atoms with Gasteiger partial charge in [0, 0.05) is 67.3 Å². The Kier molecular flexibility index (Phi) is 4.15. The summed E-state index contributed by atoms with van der Waals surface area (Å²) in [6.07, 6.45) is 1.13. The van der Waals surface area contributed by atoms with Crippen molar-refractivity contribution in [2.24, 2.45) is 7.05 Å². The molecule has 108 valence electrons. The topological polar surface area (TPSA) is 20.2 Å². The second-order valence-corrected chi connectivity index (χ2v) is 6.55. The fourth-order valence-corrected chi connectivity index (χ4v) is 3.55. The highest BCUT2D eigenvalue weighted by molar-refractivity contribution is 9.10. The van der Waals surface area contributed by atoms with Gasteiger partial charge in [-0.15, -0.1) is 0 Å². The van der Waals surface area contributed by atoms with Gasteiger partial charge in [0.05, 0.1) is 0 Å². The Morgan fingerprint density at radius 1 is 1.25 bits per heavy atom. The monoisotopic (exact) mass is 335 g/mol. The van der Waals surface area contributed by atoms with Crippen LogP contribution in [0.25, 0.3) is 10.9 Å². The van der Waals surface area contributed by atoms with Gasteiger partial charge in [-0.1, -0.05) is 22.0 Å². The van der Waals surface area contributed by atoms with Gasteiger partial charge in [-0.2, -0.15) is 0 Å². The standard InChI is InChI=1S/C16H22BrN3/c1-12-14-4-3-13(17)11-16(14)19(2)15(12)5-8-20-9-6-18-7-10-20/h3-4,11,18H,5-10H2,1-2H3. The zero-order valence-corrected chi connectivity index (χ0v) is 13.8. The van der Waals surface area contributed by atoms with Crippen molar-refractivity contribution < 1.29 is 0 Å². The molecule has 3 nitrogen and oxygen atoms in total. The van der Waals surface area contributed by atoms with Crippen LogP contribution in [0.5, 0.6) is 0 Å². The van der Waals surface area contributed by atoms with E-state index in [1.54, 1.807) is 0 Å². The van der Waals surface area contributed by atoms with Crippen LogP contribution in [-0.2, 0) is 13.5 Å². The highest BCUT2D eigenvalue weighted by atomic mass is 79.9. The molecule has 0 saturated carbocycles. The zero-order chi connectivity index (χ0) is 14.1. The average Bonchev–Trinajstić information content (AvgIpc) is 2.70. The molecule has 1 saturated heterocycles. The summed E-state index contributed by atoms with van der Waals surface area (Å²) < 4.78 is 3.51. The van der Waals surface area contributed by atoms with Crippen LogP contribution in [0.3, 0.4) is 0 Å². The lowest BCUT2D eigenvalue weighted by Crippen LogP contribution is -2.44. The van der Waals surface area contributed by atoms with Gasteiger partial charge in [0.25, 0.3) is 0 Å². The van der Waals surface area contributed by atoms with Gasteiger partial charge in [-0.3, -0.25) is 0 Å². The molecule has 20 heavy (non-hydrogen) atoms. The van der Waals surface area contributed by atoms with E-state index in [9.17, 15) is 0 Å². The highest BCUT2D eigenvalue weighted by Crippen LogP contribution is 2.27. The zero-order valence-electron chi connectivity index (χ0n) is 12.2. The Bertz CT molecular complexity index is 612. The first kappa shape index (κ1) is 14.1. The van der Waals surface area contributed by atoms with E-state index in [2.05, 4.69) is 62.9 Å². The molecule has 4 heteroatoms. The van der Waals surface area contributed by atoms with Crippen molar-refractivity contribution in [3.05, 3.63) is 33.9 Å². The molecule has 0 amide bonds. The van der Waals surface area contributed by atoms with Crippen molar-refractivity contribution in [2.45, 2.75) is 13.3 Å². The van der Waals surface area contributed by atoms with E-state index in [1.807, 2.05) is 0 Å². The smallest absolute Gasteiger partial charge is 0.0493 e. The van der Waals surface area contributed by atoms with Gasteiger partial charge in [-0.05, 0) is 24.6 Å². The molecule has 1 aliphatic heterocycles. The number of halogens is 1. The maximum atomic E-state index is 3.57. The number of nitrogens with zero attached hydrogens (tertiary/aromatic N) is 2. The summed E-state index contributed by atoms with van der Waals surface area (Å²) in [6.45, 7) is 8.02. The Morgan fingerprint density at radius 3 is 2.75 bits per heavy atom. The average molecular weight is 336 g/mol. The summed E-state index contributed by atoms with van der Waals surface area (Å²) in [5, 5.41) is 4.79. The van der Waals surface area contributed by atoms with Gasteiger partial charge >= 0.3 is 0 Å². The molecule has 0 atom stereocenters. The van der Waals surface area contributed by atoms with Crippen molar-refractivity contribution in [1.82, 2.24) is 14.8 Å². The van der Waals surface area contributed by atoms with E-state index in [0.717, 1.165) is 30.5 Å². The van der Waals surface area contributed by atoms with Crippen LogP contribution < -0.4 is 5.32 Å². The van der Waals surface area contributed by atoms with Crippen molar-refractivity contribution in [3.63, 3.8) is 0 Å². The molecule has 0 aliphatic carbocycles. The van der Waals surface area contributed by atoms with Crippen LogP contribution in [0.15, 0.2) is 22.7 Å². The fourth-order valence-electron chi connectivity index (χ4n) is 3.21. The minimum atomic E-state index is 1.13. The van der Waals surface area contributed by atoms with Gasteiger partial charge in [0.15, 0.2) is 0 Å². The summed E-state index contributed by atoms with van der Waals surface area (Å²) in [6, 6.07) is 6.58. The molecule has 0 bridgehead atoms. The molecule has 1 fully saturated rings. The van der Waals surface area contributed by atoms with Gasteiger partial charge < -0.3 is 14.8 Å². The van der Waals surface area contributed by atoms with Gasteiger partial charge in [0.2, 0.25) is 0 Å². The Labute approximate surface area is 129 Å². The predicted molar refractivity (Wildman–Crippen MR) is 88.4 cm³/mol. The summed E-state index contributed by atoms with van der Waals surface area (Å²) in [7, 11) is 2.19. The van der Waals surface area contributed by atoms with E-state index in [4.69, 9.17) is 0 Å². The Hall–Kier alpha value is -0.840. The quantitative estimate of drug-likeness (QED) is 0.930. The molecule has 1 aromatic carbocycles. The molecule has 2 aromatic rings. The Morgan fingerprint density at radius 2 is 2.00 bits per heavy atom. The summed E-state index contributed by atoms with van der Waals surface area (Å²) >= 11 is 3.57. The summed E-state index contributed by atoms with van der Waals surface area (Å²) in [4.78, 5) is 2.56. The molecule has 0 spiro atoms. The predicted octanol–water partition coefficient (Wildman–Crippen LogP) is 2.70.